The van der Waals surface area contributed by atoms with E-state index >= 15 is 0 Å². The van der Waals surface area contributed by atoms with Gasteiger partial charge < -0.3 is 14.8 Å². The molecular formula is C19H23Cl2NO3. The number of rotatable bonds is 4. The van der Waals surface area contributed by atoms with Crippen LogP contribution in [0.15, 0.2) is 12.1 Å². The summed E-state index contributed by atoms with van der Waals surface area (Å²) in [6.45, 7) is 0. The van der Waals surface area contributed by atoms with Gasteiger partial charge in [0.05, 0.1) is 14.2 Å². The average Bonchev–Trinajstić information content (AvgIpc) is 2.71. The van der Waals surface area contributed by atoms with Crippen LogP contribution in [-0.2, 0) is 4.79 Å². The average molecular weight is 384 g/mol. The van der Waals surface area contributed by atoms with E-state index < -0.39 is 0 Å². The van der Waals surface area contributed by atoms with E-state index in [1.54, 1.807) is 14.2 Å². The normalized spacial score (nSPS) is 35.0. The Morgan fingerprint density at radius 1 is 1.12 bits per heavy atom. The molecule has 0 saturated heterocycles. The Balaban J connectivity index is 1.81. The maximum Gasteiger partial charge on any atom is 0.235 e. The van der Waals surface area contributed by atoms with Gasteiger partial charge in [0.1, 0.15) is 5.88 Å². The molecule has 1 N–H and O–H groups in total. The second kappa shape index (κ2) is 5.95. The summed E-state index contributed by atoms with van der Waals surface area (Å²) in [5.41, 5.74) is 2.33. The molecule has 2 saturated carbocycles. The van der Waals surface area contributed by atoms with Crippen LogP contribution in [0.25, 0.3) is 0 Å². The third-order valence-electron chi connectivity index (χ3n) is 6.15. The molecule has 0 aromatic heterocycles. The third-order valence-corrected chi connectivity index (χ3v) is 6.83. The monoisotopic (exact) mass is 383 g/mol. The zero-order valence-corrected chi connectivity index (χ0v) is 16.0. The van der Waals surface area contributed by atoms with Crippen molar-refractivity contribution in [2.75, 3.05) is 20.1 Å². The standard InChI is InChI=1S/C19H23Cl2NO3/c1-24-15-3-13-11-5-18(21)6-12(14(13)4-16(15)25-2)8-19(7-11,10-18)22-17(23)9-20/h3-4,11-12H,5-10H2,1-2H3,(H,22,23). The minimum atomic E-state index is -0.273. The molecule has 5 rings (SSSR count). The van der Waals surface area contributed by atoms with E-state index in [-0.39, 0.29) is 22.2 Å². The predicted molar refractivity (Wildman–Crippen MR) is 98.3 cm³/mol. The van der Waals surface area contributed by atoms with E-state index in [0.717, 1.165) is 43.6 Å². The maximum absolute atomic E-state index is 12.1. The fraction of sp³-hybridized carbons (Fsp3) is 0.632. The molecule has 0 heterocycles. The van der Waals surface area contributed by atoms with Crippen molar-refractivity contribution in [3.05, 3.63) is 23.3 Å². The smallest absolute Gasteiger partial charge is 0.235 e. The SMILES string of the molecule is COc1cc2c(cc1OC)C1CC3(Cl)CC2CC(NC(=O)CCl)(C1)C3. The number of hydrogen-bond acceptors (Lipinski definition) is 3. The van der Waals surface area contributed by atoms with Crippen molar-refractivity contribution in [2.45, 2.75) is 54.4 Å². The summed E-state index contributed by atoms with van der Waals surface area (Å²) in [6, 6.07) is 4.22. The highest BCUT2D eigenvalue weighted by Gasteiger charge is 2.57. The van der Waals surface area contributed by atoms with Crippen molar-refractivity contribution in [3.63, 3.8) is 0 Å². The summed E-state index contributed by atoms with van der Waals surface area (Å²) < 4.78 is 11.0. The van der Waals surface area contributed by atoms with E-state index in [0.29, 0.717) is 11.8 Å². The van der Waals surface area contributed by atoms with Gasteiger partial charge in [0.15, 0.2) is 11.5 Å². The number of alkyl halides is 2. The molecule has 1 aromatic carbocycles. The fourth-order valence-electron chi connectivity index (χ4n) is 5.57. The molecule has 2 atom stereocenters. The first-order valence-corrected chi connectivity index (χ1v) is 9.64. The number of amides is 1. The van der Waals surface area contributed by atoms with Gasteiger partial charge in [0.25, 0.3) is 0 Å². The Kier molecular flexibility index (Phi) is 4.12. The van der Waals surface area contributed by atoms with E-state index in [2.05, 4.69) is 17.4 Å². The first-order valence-electron chi connectivity index (χ1n) is 8.73. The molecule has 6 heteroatoms. The number of methoxy groups -OCH3 is 2. The molecule has 0 radical (unpaired) electrons. The number of carbonyl (C=O) groups is 1. The highest BCUT2D eigenvalue weighted by Crippen LogP contribution is 2.62. The fourth-order valence-corrected chi connectivity index (χ4v) is 6.26. The van der Waals surface area contributed by atoms with E-state index in [9.17, 15) is 4.79 Å². The molecule has 0 spiro atoms. The number of ether oxygens (including phenoxy) is 2. The molecule has 4 aliphatic carbocycles. The minimum absolute atomic E-state index is 0.0129. The molecule has 4 nitrogen and oxygen atoms in total. The van der Waals surface area contributed by atoms with Crippen molar-refractivity contribution < 1.29 is 14.3 Å². The van der Waals surface area contributed by atoms with E-state index in [4.69, 9.17) is 32.7 Å². The lowest BCUT2D eigenvalue weighted by Crippen LogP contribution is -2.59. The van der Waals surface area contributed by atoms with E-state index in [1.165, 1.54) is 11.1 Å². The minimum Gasteiger partial charge on any atom is -0.493 e. The Morgan fingerprint density at radius 3 is 2.08 bits per heavy atom. The molecular weight excluding hydrogens is 361 g/mol. The number of hydrogen-bond donors (Lipinski definition) is 1. The lowest BCUT2D eigenvalue weighted by Gasteiger charge is -2.52. The number of carbonyl (C=O) groups excluding carboxylic acids is 1. The van der Waals surface area contributed by atoms with Crippen LogP contribution < -0.4 is 14.8 Å². The molecule has 2 unspecified atom stereocenters. The van der Waals surface area contributed by atoms with Gasteiger partial charge in [-0.1, -0.05) is 0 Å². The quantitative estimate of drug-likeness (QED) is 0.801. The molecule has 4 bridgehead atoms. The predicted octanol–water partition coefficient (Wildman–Crippen LogP) is 3.93. The van der Waals surface area contributed by atoms with Crippen molar-refractivity contribution in [3.8, 4) is 11.5 Å². The van der Waals surface area contributed by atoms with Crippen LogP contribution in [-0.4, -0.2) is 36.4 Å². The number of benzene rings is 1. The van der Waals surface area contributed by atoms with Crippen molar-refractivity contribution >= 4 is 29.1 Å². The summed E-state index contributed by atoms with van der Waals surface area (Å²) in [7, 11) is 3.32. The van der Waals surface area contributed by atoms with Crippen LogP contribution in [0.2, 0.25) is 0 Å². The Bertz CT molecular complexity index is 678. The number of halogens is 2. The van der Waals surface area contributed by atoms with Gasteiger partial charge in [-0.15, -0.1) is 23.2 Å². The maximum atomic E-state index is 12.1. The van der Waals surface area contributed by atoms with Crippen LogP contribution >= 0.6 is 23.2 Å². The second-order valence-corrected chi connectivity index (χ2v) is 8.91. The molecule has 2 fully saturated rings. The van der Waals surface area contributed by atoms with Crippen LogP contribution in [0, 0.1) is 0 Å². The summed E-state index contributed by atoms with van der Waals surface area (Å²) >= 11 is 12.8. The Labute approximate surface area is 158 Å². The van der Waals surface area contributed by atoms with Gasteiger partial charge in [0, 0.05) is 10.4 Å². The second-order valence-electron chi connectivity index (χ2n) is 7.84. The zero-order chi connectivity index (χ0) is 17.8. The van der Waals surface area contributed by atoms with Crippen molar-refractivity contribution in [1.29, 1.82) is 0 Å². The molecule has 0 aliphatic heterocycles. The summed E-state index contributed by atoms with van der Waals surface area (Å²) in [4.78, 5) is 11.8. The largest absolute Gasteiger partial charge is 0.493 e. The molecule has 4 aliphatic rings. The Morgan fingerprint density at radius 2 is 1.64 bits per heavy atom. The lowest BCUT2D eigenvalue weighted by molar-refractivity contribution is -0.121. The topological polar surface area (TPSA) is 47.6 Å². The van der Waals surface area contributed by atoms with Gasteiger partial charge in [0.2, 0.25) is 5.91 Å². The third kappa shape index (κ3) is 2.78. The first-order chi connectivity index (χ1) is 11.9. The van der Waals surface area contributed by atoms with Gasteiger partial charge in [-0.25, -0.2) is 0 Å². The summed E-state index contributed by atoms with van der Waals surface area (Å²) in [5.74, 6) is 2.01. The highest BCUT2D eigenvalue weighted by molar-refractivity contribution is 6.27. The number of nitrogens with one attached hydrogen (secondary N) is 1. The molecule has 1 aromatic rings. The lowest BCUT2D eigenvalue weighted by atomic mass is 9.62. The van der Waals surface area contributed by atoms with Gasteiger partial charge in [-0.05, 0) is 67.2 Å². The molecule has 25 heavy (non-hydrogen) atoms. The highest BCUT2D eigenvalue weighted by atomic mass is 35.5. The van der Waals surface area contributed by atoms with Crippen LogP contribution in [0.3, 0.4) is 0 Å². The molecule has 136 valence electrons. The van der Waals surface area contributed by atoms with Crippen LogP contribution in [0.1, 0.15) is 55.1 Å². The first kappa shape index (κ1) is 17.3. The summed E-state index contributed by atoms with van der Waals surface area (Å²) in [5, 5.41) is 3.21. The van der Waals surface area contributed by atoms with Gasteiger partial charge in [-0.2, -0.15) is 0 Å². The zero-order valence-electron chi connectivity index (χ0n) is 14.5. The van der Waals surface area contributed by atoms with Gasteiger partial charge >= 0.3 is 0 Å². The Hall–Kier alpha value is -1.13. The van der Waals surface area contributed by atoms with Crippen LogP contribution in [0.5, 0.6) is 11.5 Å². The van der Waals surface area contributed by atoms with Crippen molar-refractivity contribution in [2.24, 2.45) is 0 Å². The van der Waals surface area contributed by atoms with Gasteiger partial charge in [-0.3, -0.25) is 4.79 Å². The van der Waals surface area contributed by atoms with E-state index in [1.807, 2.05) is 0 Å². The summed E-state index contributed by atoms with van der Waals surface area (Å²) in [6.07, 6.45) is 4.50. The van der Waals surface area contributed by atoms with Crippen molar-refractivity contribution in [1.82, 2.24) is 5.32 Å². The van der Waals surface area contributed by atoms with Crippen LogP contribution in [0.4, 0.5) is 0 Å². The molecule has 1 amide bonds.